The SMILES string of the molecule is CCC[C]=C1CCC1. The maximum absolute atomic E-state index is 3.39. The minimum Gasteiger partial charge on any atom is -0.0667 e. The van der Waals surface area contributed by atoms with Crippen molar-refractivity contribution < 1.29 is 0 Å². The first-order valence-electron chi connectivity index (χ1n) is 3.52. The van der Waals surface area contributed by atoms with Gasteiger partial charge in [0.05, 0.1) is 0 Å². The van der Waals surface area contributed by atoms with Crippen molar-refractivity contribution in [3.8, 4) is 0 Å². The summed E-state index contributed by atoms with van der Waals surface area (Å²) < 4.78 is 0. The molecule has 0 aromatic carbocycles. The molecule has 1 aliphatic rings. The molecular formula is C8H13. The molecule has 0 aliphatic heterocycles. The van der Waals surface area contributed by atoms with Crippen molar-refractivity contribution in [1.29, 1.82) is 0 Å². The molecule has 0 aromatic heterocycles. The van der Waals surface area contributed by atoms with Gasteiger partial charge in [0.25, 0.3) is 0 Å². The quantitative estimate of drug-likeness (QED) is 0.511. The number of rotatable bonds is 2. The van der Waals surface area contributed by atoms with E-state index in [2.05, 4.69) is 13.0 Å². The first-order valence-corrected chi connectivity index (χ1v) is 3.52. The maximum Gasteiger partial charge on any atom is -0.0279 e. The van der Waals surface area contributed by atoms with Gasteiger partial charge in [0.2, 0.25) is 0 Å². The summed E-state index contributed by atoms with van der Waals surface area (Å²) in [6.07, 6.45) is 9.89. The molecule has 1 fully saturated rings. The lowest BCUT2D eigenvalue weighted by molar-refractivity contribution is 0.648. The molecule has 1 rings (SSSR count). The summed E-state index contributed by atoms with van der Waals surface area (Å²) in [6, 6.07) is 0. The number of allylic oxidation sites excluding steroid dienone is 2. The Hall–Kier alpha value is -0.260. The molecule has 0 nitrogen and oxygen atoms in total. The molecule has 0 amide bonds. The van der Waals surface area contributed by atoms with Crippen LogP contribution in [0.4, 0.5) is 0 Å². The third-order valence-corrected chi connectivity index (χ3v) is 1.58. The predicted molar refractivity (Wildman–Crippen MR) is 35.5 cm³/mol. The van der Waals surface area contributed by atoms with Crippen LogP contribution in [-0.2, 0) is 0 Å². The molecule has 1 aliphatic carbocycles. The van der Waals surface area contributed by atoms with Crippen molar-refractivity contribution in [2.24, 2.45) is 0 Å². The van der Waals surface area contributed by atoms with Gasteiger partial charge in [0.15, 0.2) is 0 Å². The van der Waals surface area contributed by atoms with Crippen molar-refractivity contribution in [2.45, 2.75) is 39.0 Å². The standard InChI is InChI=1S/C8H13/c1-2-3-5-8-6-4-7-8/h2-4,6-7H2,1H3. The zero-order valence-electron chi connectivity index (χ0n) is 5.54. The fraction of sp³-hybridized carbons (Fsp3) is 0.750. The van der Waals surface area contributed by atoms with Crippen LogP contribution >= 0.6 is 0 Å². The van der Waals surface area contributed by atoms with E-state index in [1.54, 1.807) is 5.57 Å². The first-order chi connectivity index (χ1) is 3.93. The van der Waals surface area contributed by atoms with Crippen molar-refractivity contribution in [3.05, 3.63) is 11.6 Å². The summed E-state index contributed by atoms with van der Waals surface area (Å²) in [5, 5.41) is 0. The normalized spacial score (nSPS) is 17.9. The smallest absolute Gasteiger partial charge is 0.0279 e. The summed E-state index contributed by atoms with van der Waals surface area (Å²) in [4.78, 5) is 0. The molecule has 0 atom stereocenters. The molecule has 45 valence electrons. The van der Waals surface area contributed by atoms with Crippen LogP contribution in [0.15, 0.2) is 5.57 Å². The first kappa shape index (κ1) is 5.87. The highest BCUT2D eigenvalue weighted by molar-refractivity contribution is 5.04. The molecule has 0 N–H and O–H groups in total. The Morgan fingerprint density at radius 2 is 2.25 bits per heavy atom. The van der Waals surface area contributed by atoms with Gasteiger partial charge in [-0.2, -0.15) is 0 Å². The van der Waals surface area contributed by atoms with Gasteiger partial charge in [0, 0.05) is 0 Å². The summed E-state index contributed by atoms with van der Waals surface area (Å²) in [5.74, 6) is 0. The average Bonchev–Trinajstić information content (AvgIpc) is 1.63. The van der Waals surface area contributed by atoms with Crippen LogP contribution in [0, 0.1) is 6.08 Å². The highest BCUT2D eigenvalue weighted by atomic mass is 14.1. The molecule has 0 heteroatoms. The van der Waals surface area contributed by atoms with E-state index < -0.39 is 0 Å². The van der Waals surface area contributed by atoms with Crippen LogP contribution in [0.5, 0.6) is 0 Å². The molecule has 0 bridgehead atoms. The second-order valence-corrected chi connectivity index (χ2v) is 2.38. The van der Waals surface area contributed by atoms with Crippen molar-refractivity contribution in [3.63, 3.8) is 0 Å². The second-order valence-electron chi connectivity index (χ2n) is 2.38. The van der Waals surface area contributed by atoms with Crippen LogP contribution in [-0.4, -0.2) is 0 Å². The largest absolute Gasteiger partial charge is 0.0667 e. The molecule has 0 spiro atoms. The van der Waals surface area contributed by atoms with Gasteiger partial charge in [-0.3, -0.25) is 0 Å². The third-order valence-electron chi connectivity index (χ3n) is 1.58. The minimum atomic E-state index is 1.18. The molecule has 8 heavy (non-hydrogen) atoms. The van der Waals surface area contributed by atoms with Crippen LogP contribution < -0.4 is 0 Å². The highest BCUT2D eigenvalue weighted by Crippen LogP contribution is 2.24. The number of hydrogen-bond acceptors (Lipinski definition) is 0. The zero-order valence-corrected chi connectivity index (χ0v) is 5.54. The van der Waals surface area contributed by atoms with Gasteiger partial charge >= 0.3 is 0 Å². The van der Waals surface area contributed by atoms with Crippen LogP contribution in [0.25, 0.3) is 0 Å². The fourth-order valence-electron chi connectivity index (χ4n) is 0.832. The van der Waals surface area contributed by atoms with Gasteiger partial charge in [-0.25, -0.2) is 0 Å². The lowest BCUT2D eigenvalue weighted by Gasteiger charge is -2.14. The highest BCUT2D eigenvalue weighted by Gasteiger charge is 2.06. The van der Waals surface area contributed by atoms with Gasteiger partial charge < -0.3 is 0 Å². The summed E-state index contributed by atoms with van der Waals surface area (Å²) in [7, 11) is 0. The number of unbranched alkanes of at least 4 members (excludes halogenated alkanes) is 1. The van der Waals surface area contributed by atoms with E-state index in [0.717, 1.165) is 0 Å². The number of hydrogen-bond donors (Lipinski definition) is 0. The minimum absolute atomic E-state index is 1.18. The molecule has 1 radical (unpaired) electrons. The van der Waals surface area contributed by atoms with E-state index in [9.17, 15) is 0 Å². The topological polar surface area (TPSA) is 0 Å². The third kappa shape index (κ3) is 1.36. The van der Waals surface area contributed by atoms with E-state index in [1.807, 2.05) is 0 Å². The molecule has 0 aromatic rings. The fourth-order valence-corrected chi connectivity index (χ4v) is 0.832. The van der Waals surface area contributed by atoms with E-state index in [0.29, 0.717) is 0 Å². The van der Waals surface area contributed by atoms with E-state index >= 15 is 0 Å². The lowest BCUT2D eigenvalue weighted by Crippen LogP contribution is -1.95. The molecule has 0 unspecified atom stereocenters. The summed E-state index contributed by atoms with van der Waals surface area (Å²) in [6.45, 7) is 2.20. The van der Waals surface area contributed by atoms with Gasteiger partial charge in [-0.15, -0.1) is 0 Å². The van der Waals surface area contributed by atoms with Crippen LogP contribution in [0.2, 0.25) is 0 Å². The van der Waals surface area contributed by atoms with Gasteiger partial charge in [-0.05, 0) is 31.8 Å². The van der Waals surface area contributed by atoms with E-state index in [1.165, 1.54) is 32.1 Å². The predicted octanol–water partition coefficient (Wildman–Crippen LogP) is 2.70. The monoisotopic (exact) mass is 109 g/mol. The van der Waals surface area contributed by atoms with Crippen LogP contribution in [0.1, 0.15) is 39.0 Å². The Morgan fingerprint density at radius 3 is 2.62 bits per heavy atom. The van der Waals surface area contributed by atoms with E-state index in [-0.39, 0.29) is 0 Å². The Balaban J connectivity index is 2.11. The van der Waals surface area contributed by atoms with Crippen molar-refractivity contribution in [1.82, 2.24) is 0 Å². The zero-order chi connectivity index (χ0) is 5.82. The Bertz CT molecular complexity index is 84.2. The Labute approximate surface area is 51.6 Å². The van der Waals surface area contributed by atoms with Crippen molar-refractivity contribution >= 4 is 0 Å². The average molecular weight is 109 g/mol. The molecular weight excluding hydrogens is 96.1 g/mol. The lowest BCUT2D eigenvalue weighted by atomic mass is 9.91. The Kier molecular flexibility index (Phi) is 2.13. The molecule has 1 saturated carbocycles. The van der Waals surface area contributed by atoms with Gasteiger partial charge in [-0.1, -0.05) is 18.9 Å². The second kappa shape index (κ2) is 2.91. The molecule has 0 saturated heterocycles. The van der Waals surface area contributed by atoms with E-state index in [4.69, 9.17) is 0 Å². The summed E-state index contributed by atoms with van der Waals surface area (Å²) in [5.41, 5.74) is 1.58. The Morgan fingerprint density at radius 1 is 1.50 bits per heavy atom. The summed E-state index contributed by atoms with van der Waals surface area (Å²) >= 11 is 0. The van der Waals surface area contributed by atoms with Crippen molar-refractivity contribution in [2.75, 3.05) is 0 Å². The maximum atomic E-state index is 3.39. The van der Waals surface area contributed by atoms with Gasteiger partial charge in [0.1, 0.15) is 0 Å². The van der Waals surface area contributed by atoms with Crippen LogP contribution in [0.3, 0.4) is 0 Å². The molecule has 0 heterocycles.